The van der Waals surface area contributed by atoms with Crippen LogP contribution in [-0.2, 0) is 10.2 Å². The first-order valence-electron chi connectivity index (χ1n) is 10.5. The van der Waals surface area contributed by atoms with Crippen LogP contribution in [0.5, 0.6) is 11.6 Å². The first-order chi connectivity index (χ1) is 16.2. The van der Waals surface area contributed by atoms with Crippen LogP contribution in [0, 0.1) is 11.3 Å². The minimum absolute atomic E-state index is 0.223. The van der Waals surface area contributed by atoms with Gasteiger partial charge in [0, 0.05) is 30.3 Å². The second-order valence-corrected chi connectivity index (χ2v) is 8.18. The molecule has 0 aliphatic heterocycles. The lowest BCUT2D eigenvalue weighted by Gasteiger charge is -2.16. The summed E-state index contributed by atoms with van der Waals surface area (Å²) in [6.45, 7) is 5.02. The number of amides is 2. The van der Waals surface area contributed by atoms with Gasteiger partial charge in [0.25, 0.3) is 5.91 Å². The number of imidazole rings is 1. The Morgan fingerprint density at radius 2 is 1.85 bits per heavy atom. The third-order valence-electron chi connectivity index (χ3n) is 5.04. The van der Waals surface area contributed by atoms with Crippen LogP contribution in [-0.4, -0.2) is 26.4 Å². The van der Waals surface area contributed by atoms with E-state index in [4.69, 9.17) is 4.74 Å². The number of benzene rings is 2. The minimum atomic E-state index is -0.698. The molecule has 0 bridgehead atoms. The highest BCUT2D eigenvalue weighted by Gasteiger charge is 2.21. The lowest BCUT2D eigenvalue weighted by molar-refractivity contribution is -0.114. The van der Waals surface area contributed by atoms with E-state index in [2.05, 4.69) is 26.8 Å². The molecule has 9 nitrogen and oxygen atoms in total. The van der Waals surface area contributed by atoms with E-state index in [9.17, 15) is 14.9 Å². The van der Waals surface area contributed by atoms with Crippen molar-refractivity contribution in [3.63, 3.8) is 0 Å². The zero-order chi connectivity index (χ0) is 24.3. The smallest absolute Gasteiger partial charge is 0.255 e. The fraction of sp³-hybridized carbons (Fsp3) is 0.160. The van der Waals surface area contributed by atoms with Gasteiger partial charge in [0.15, 0.2) is 11.5 Å². The van der Waals surface area contributed by atoms with Crippen molar-refractivity contribution in [3.8, 4) is 17.7 Å². The highest BCUT2D eigenvalue weighted by atomic mass is 16.5. The lowest BCUT2D eigenvalue weighted by Crippen LogP contribution is -2.17. The zero-order valence-electron chi connectivity index (χ0n) is 18.9. The maximum absolute atomic E-state index is 12.8. The van der Waals surface area contributed by atoms with Gasteiger partial charge in [-0.25, -0.2) is 9.50 Å². The molecular formula is C25H22N6O3. The second-order valence-electron chi connectivity index (χ2n) is 8.18. The number of hydrogen-bond donors (Lipinski definition) is 2. The molecule has 0 saturated heterocycles. The van der Waals surface area contributed by atoms with Crippen molar-refractivity contribution in [3.05, 3.63) is 78.0 Å². The number of aromatic nitrogens is 3. The Morgan fingerprint density at radius 1 is 1.06 bits per heavy atom. The van der Waals surface area contributed by atoms with E-state index in [-0.39, 0.29) is 11.8 Å². The number of nitriles is 1. The summed E-state index contributed by atoms with van der Waals surface area (Å²) in [5.74, 6) is 0.667. The first-order valence-corrected chi connectivity index (χ1v) is 10.5. The Hall–Kier alpha value is -4.71. The quantitative estimate of drug-likeness (QED) is 0.441. The number of ether oxygens (including phenoxy) is 1. The minimum Gasteiger partial charge on any atom is -0.438 e. The van der Waals surface area contributed by atoms with Gasteiger partial charge < -0.3 is 15.4 Å². The molecular weight excluding hydrogens is 432 g/mol. The lowest BCUT2D eigenvalue weighted by atomic mass is 9.85. The highest BCUT2D eigenvalue weighted by molar-refractivity contribution is 6.04. The van der Waals surface area contributed by atoms with Gasteiger partial charge in [0.05, 0.1) is 17.7 Å². The number of rotatable bonds is 6. The van der Waals surface area contributed by atoms with E-state index in [1.165, 1.54) is 11.4 Å². The van der Waals surface area contributed by atoms with Crippen LogP contribution < -0.4 is 15.4 Å². The van der Waals surface area contributed by atoms with Crippen LogP contribution in [0.3, 0.4) is 0 Å². The summed E-state index contributed by atoms with van der Waals surface area (Å²) in [6, 6.07) is 19.6. The maximum Gasteiger partial charge on any atom is 0.255 e. The number of hydrogen-bond acceptors (Lipinski definition) is 6. The third kappa shape index (κ3) is 5.02. The molecule has 2 heterocycles. The summed E-state index contributed by atoms with van der Waals surface area (Å²) in [5, 5.41) is 19.2. The van der Waals surface area contributed by atoms with Crippen molar-refractivity contribution in [1.82, 2.24) is 14.6 Å². The standard InChI is InChI=1S/C25H22N6O3/c1-16(32)27-21-14-31-22(29-21)10-11-23(30-31)34-20-9-5-8-19(13-20)28-24(33)17-6-4-7-18(12-17)25(2,3)15-26/h4-14H,1-3H3,(H,27,32)(H,28,33). The molecule has 4 aromatic rings. The van der Waals surface area contributed by atoms with Gasteiger partial charge in [-0.3, -0.25) is 9.59 Å². The van der Waals surface area contributed by atoms with Crippen molar-refractivity contribution in [2.24, 2.45) is 0 Å². The molecule has 0 aliphatic carbocycles. The molecule has 170 valence electrons. The van der Waals surface area contributed by atoms with E-state index in [1.54, 1.807) is 74.6 Å². The molecule has 9 heteroatoms. The van der Waals surface area contributed by atoms with Crippen molar-refractivity contribution in [1.29, 1.82) is 5.26 Å². The van der Waals surface area contributed by atoms with Gasteiger partial charge in [0.1, 0.15) is 5.75 Å². The monoisotopic (exact) mass is 454 g/mol. The van der Waals surface area contributed by atoms with Crippen LogP contribution in [0.1, 0.15) is 36.7 Å². The van der Waals surface area contributed by atoms with Gasteiger partial charge in [-0.05, 0) is 49.7 Å². The number of carbonyl (C=O) groups is 2. The van der Waals surface area contributed by atoms with Gasteiger partial charge in [-0.2, -0.15) is 5.26 Å². The highest BCUT2D eigenvalue weighted by Crippen LogP contribution is 2.25. The summed E-state index contributed by atoms with van der Waals surface area (Å²) in [5.41, 5.74) is 1.62. The number of anilines is 2. The summed E-state index contributed by atoms with van der Waals surface area (Å²) in [4.78, 5) is 28.3. The fourth-order valence-electron chi connectivity index (χ4n) is 3.23. The van der Waals surface area contributed by atoms with Gasteiger partial charge in [-0.15, -0.1) is 5.10 Å². The molecule has 34 heavy (non-hydrogen) atoms. The SMILES string of the molecule is CC(=O)Nc1cn2nc(Oc3cccc(NC(=O)c4cccc(C(C)(C)C#N)c4)c3)ccc2n1. The molecule has 2 aromatic heterocycles. The molecule has 0 unspecified atom stereocenters. The maximum atomic E-state index is 12.8. The Bertz CT molecular complexity index is 1430. The van der Waals surface area contributed by atoms with Gasteiger partial charge >= 0.3 is 0 Å². The van der Waals surface area contributed by atoms with Crippen molar-refractivity contribution in [2.75, 3.05) is 10.6 Å². The normalized spacial score (nSPS) is 11.0. The predicted octanol–water partition coefficient (Wildman–Crippen LogP) is 4.53. The topological polar surface area (TPSA) is 121 Å². The van der Waals surface area contributed by atoms with Crippen molar-refractivity contribution >= 4 is 29.0 Å². The van der Waals surface area contributed by atoms with Crippen LogP contribution in [0.4, 0.5) is 11.5 Å². The molecule has 2 N–H and O–H groups in total. The first kappa shape index (κ1) is 22.5. The number of nitrogens with zero attached hydrogens (tertiary/aromatic N) is 4. The number of fused-ring (bicyclic) bond motifs is 1. The average Bonchev–Trinajstić information content (AvgIpc) is 3.20. The molecule has 4 rings (SSSR count). The molecule has 0 saturated carbocycles. The van der Waals surface area contributed by atoms with E-state index >= 15 is 0 Å². The van der Waals surface area contributed by atoms with Crippen molar-refractivity contribution < 1.29 is 14.3 Å². The fourth-order valence-corrected chi connectivity index (χ4v) is 3.23. The third-order valence-corrected chi connectivity index (χ3v) is 5.04. The molecule has 0 spiro atoms. The Morgan fingerprint density at radius 3 is 2.62 bits per heavy atom. The van der Waals surface area contributed by atoms with E-state index in [0.29, 0.717) is 34.3 Å². The summed E-state index contributed by atoms with van der Waals surface area (Å²) >= 11 is 0. The van der Waals surface area contributed by atoms with Crippen LogP contribution in [0.25, 0.3) is 5.65 Å². The average molecular weight is 454 g/mol. The van der Waals surface area contributed by atoms with E-state index in [1.807, 2.05) is 6.07 Å². The molecule has 0 aliphatic rings. The molecule has 0 radical (unpaired) electrons. The summed E-state index contributed by atoms with van der Waals surface area (Å²) in [6.07, 6.45) is 1.59. The van der Waals surface area contributed by atoms with Gasteiger partial charge in [0.2, 0.25) is 11.8 Å². The van der Waals surface area contributed by atoms with Crippen LogP contribution in [0.2, 0.25) is 0 Å². The van der Waals surface area contributed by atoms with Gasteiger partial charge in [-0.1, -0.05) is 18.2 Å². The van der Waals surface area contributed by atoms with Crippen LogP contribution >= 0.6 is 0 Å². The zero-order valence-corrected chi connectivity index (χ0v) is 18.9. The molecule has 2 aromatic carbocycles. The van der Waals surface area contributed by atoms with E-state index < -0.39 is 5.41 Å². The number of nitrogens with one attached hydrogen (secondary N) is 2. The molecule has 0 atom stereocenters. The Kier molecular flexibility index (Phi) is 5.97. The molecule has 0 fully saturated rings. The Labute approximate surface area is 196 Å². The number of carbonyl (C=O) groups excluding carboxylic acids is 2. The van der Waals surface area contributed by atoms with Crippen molar-refractivity contribution in [2.45, 2.75) is 26.2 Å². The Balaban J connectivity index is 1.49. The van der Waals surface area contributed by atoms with Crippen LogP contribution in [0.15, 0.2) is 66.9 Å². The largest absolute Gasteiger partial charge is 0.438 e. The molecule has 2 amide bonds. The summed E-state index contributed by atoms with van der Waals surface area (Å²) in [7, 11) is 0. The van der Waals surface area contributed by atoms with E-state index in [0.717, 1.165) is 5.56 Å². The second kappa shape index (κ2) is 9.03. The predicted molar refractivity (Wildman–Crippen MR) is 127 cm³/mol. The summed E-state index contributed by atoms with van der Waals surface area (Å²) < 4.78 is 7.35.